The first-order valence-electron chi connectivity index (χ1n) is 6.81. The van der Waals surface area contributed by atoms with Gasteiger partial charge in [0.05, 0.1) is 5.41 Å². The van der Waals surface area contributed by atoms with Crippen LogP contribution >= 0.6 is 11.6 Å². The van der Waals surface area contributed by atoms with Gasteiger partial charge in [-0.25, -0.2) is 0 Å². The van der Waals surface area contributed by atoms with Crippen LogP contribution in [0.15, 0.2) is 24.3 Å². The minimum absolute atomic E-state index is 0.0372. The predicted octanol–water partition coefficient (Wildman–Crippen LogP) is 2.74. The molecule has 4 nitrogen and oxygen atoms in total. The maximum Gasteiger partial charge on any atom is 0.303 e. The number of carboxylic acid groups (broad SMARTS) is 1. The van der Waals surface area contributed by atoms with Crippen molar-refractivity contribution < 1.29 is 14.7 Å². The van der Waals surface area contributed by atoms with Gasteiger partial charge in [0, 0.05) is 18.0 Å². The molecule has 1 aliphatic carbocycles. The molecule has 0 radical (unpaired) electrons. The number of nitrogens with one attached hydrogen (secondary N) is 1. The van der Waals surface area contributed by atoms with Crippen molar-refractivity contribution in [2.45, 2.75) is 37.5 Å². The maximum absolute atomic E-state index is 12.2. The van der Waals surface area contributed by atoms with E-state index in [1.807, 2.05) is 12.1 Å². The standard InChI is InChI=1S/C15H18ClNO3/c16-12-6-4-11(5-7-12)15(8-9-15)14(20)17-10-2-1-3-13(18)19/h4-7H,1-3,8-10H2,(H,17,20)(H,18,19). The Balaban J connectivity index is 1.83. The van der Waals surface area contributed by atoms with Crippen molar-refractivity contribution in [2.24, 2.45) is 0 Å². The van der Waals surface area contributed by atoms with E-state index < -0.39 is 11.4 Å². The van der Waals surface area contributed by atoms with Crippen molar-refractivity contribution in [1.82, 2.24) is 5.32 Å². The molecule has 2 rings (SSSR count). The fourth-order valence-electron chi connectivity index (χ4n) is 2.31. The molecular weight excluding hydrogens is 278 g/mol. The van der Waals surface area contributed by atoms with E-state index in [4.69, 9.17) is 16.7 Å². The lowest BCUT2D eigenvalue weighted by Crippen LogP contribution is -2.35. The summed E-state index contributed by atoms with van der Waals surface area (Å²) in [7, 11) is 0. The van der Waals surface area contributed by atoms with Gasteiger partial charge in [0.25, 0.3) is 0 Å². The molecule has 0 atom stereocenters. The number of rotatable bonds is 7. The highest BCUT2D eigenvalue weighted by Gasteiger charge is 2.50. The maximum atomic E-state index is 12.2. The van der Waals surface area contributed by atoms with E-state index in [0.717, 1.165) is 18.4 Å². The van der Waals surface area contributed by atoms with E-state index in [0.29, 0.717) is 24.4 Å². The lowest BCUT2D eigenvalue weighted by atomic mass is 9.95. The van der Waals surface area contributed by atoms with Crippen LogP contribution in [0.5, 0.6) is 0 Å². The molecule has 0 saturated heterocycles. The van der Waals surface area contributed by atoms with E-state index in [1.165, 1.54) is 0 Å². The predicted molar refractivity (Wildman–Crippen MR) is 76.9 cm³/mol. The Hall–Kier alpha value is -1.55. The zero-order chi connectivity index (χ0) is 14.6. The van der Waals surface area contributed by atoms with Crippen molar-refractivity contribution in [3.05, 3.63) is 34.9 Å². The van der Waals surface area contributed by atoms with Gasteiger partial charge in [-0.2, -0.15) is 0 Å². The van der Waals surface area contributed by atoms with Crippen molar-refractivity contribution in [3.8, 4) is 0 Å². The molecule has 0 aromatic heterocycles. The van der Waals surface area contributed by atoms with Crippen molar-refractivity contribution >= 4 is 23.5 Å². The molecule has 1 aliphatic rings. The Morgan fingerprint density at radius 1 is 1.20 bits per heavy atom. The molecule has 1 amide bonds. The summed E-state index contributed by atoms with van der Waals surface area (Å²) < 4.78 is 0. The number of hydrogen-bond donors (Lipinski definition) is 2. The van der Waals surface area contributed by atoms with Crippen molar-refractivity contribution in [3.63, 3.8) is 0 Å². The number of carbonyl (C=O) groups is 2. The van der Waals surface area contributed by atoms with Gasteiger partial charge in [-0.05, 0) is 43.4 Å². The summed E-state index contributed by atoms with van der Waals surface area (Å²) >= 11 is 5.86. The van der Waals surface area contributed by atoms with Gasteiger partial charge in [-0.3, -0.25) is 9.59 Å². The monoisotopic (exact) mass is 295 g/mol. The van der Waals surface area contributed by atoms with E-state index >= 15 is 0 Å². The second-order valence-electron chi connectivity index (χ2n) is 5.20. The first kappa shape index (κ1) is 14.9. The minimum atomic E-state index is -0.795. The molecule has 2 N–H and O–H groups in total. The van der Waals surface area contributed by atoms with Gasteiger partial charge in [0.2, 0.25) is 5.91 Å². The number of hydrogen-bond acceptors (Lipinski definition) is 2. The zero-order valence-electron chi connectivity index (χ0n) is 11.2. The molecule has 1 fully saturated rings. The van der Waals surface area contributed by atoms with Crippen LogP contribution < -0.4 is 5.32 Å². The van der Waals surface area contributed by atoms with Crippen LogP contribution in [-0.4, -0.2) is 23.5 Å². The van der Waals surface area contributed by atoms with E-state index in [9.17, 15) is 9.59 Å². The van der Waals surface area contributed by atoms with Crippen LogP contribution in [0.2, 0.25) is 5.02 Å². The summed E-state index contributed by atoms with van der Waals surface area (Å²) in [5.74, 6) is -0.758. The van der Waals surface area contributed by atoms with Crippen molar-refractivity contribution in [2.75, 3.05) is 6.54 Å². The number of benzene rings is 1. The van der Waals surface area contributed by atoms with Crippen LogP contribution in [0.25, 0.3) is 0 Å². The molecule has 1 saturated carbocycles. The van der Waals surface area contributed by atoms with Gasteiger partial charge < -0.3 is 10.4 Å². The zero-order valence-corrected chi connectivity index (χ0v) is 11.9. The fourth-order valence-corrected chi connectivity index (χ4v) is 2.44. The highest BCUT2D eigenvalue weighted by atomic mass is 35.5. The lowest BCUT2D eigenvalue weighted by Gasteiger charge is -2.15. The van der Waals surface area contributed by atoms with Crippen LogP contribution in [0.4, 0.5) is 0 Å². The van der Waals surface area contributed by atoms with E-state index in [-0.39, 0.29) is 12.3 Å². The summed E-state index contributed by atoms with van der Waals surface area (Å²) in [5, 5.41) is 12.1. The molecule has 1 aromatic rings. The molecule has 5 heteroatoms. The van der Waals surface area contributed by atoms with Gasteiger partial charge in [-0.15, -0.1) is 0 Å². The Labute approximate surface area is 123 Å². The smallest absolute Gasteiger partial charge is 0.303 e. The average molecular weight is 296 g/mol. The Morgan fingerprint density at radius 2 is 1.85 bits per heavy atom. The average Bonchev–Trinajstić information content (AvgIpc) is 3.20. The summed E-state index contributed by atoms with van der Waals surface area (Å²) in [5.41, 5.74) is 0.613. The second-order valence-corrected chi connectivity index (χ2v) is 5.63. The summed E-state index contributed by atoms with van der Waals surface area (Å²) in [6.07, 6.45) is 3.14. The molecule has 0 heterocycles. The highest BCUT2D eigenvalue weighted by molar-refractivity contribution is 6.30. The number of unbranched alkanes of at least 4 members (excludes halogenated alkanes) is 1. The fraction of sp³-hybridized carbons (Fsp3) is 0.467. The number of aliphatic carboxylic acids is 1. The third kappa shape index (κ3) is 3.51. The first-order valence-corrected chi connectivity index (χ1v) is 7.18. The Kier molecular flexibility index (Phi) is 4.65. The number of carboxylic acids is 1. The molecule has 0 unspecified atom stereocenters. The van der Waals surface area contributed by atoms with E-state index in [2.05, 4.69) is 5.32 Å². The normalized spacial score (nSPS) is 15.7. The molecule has 0 spiro atoms. The van der Waals surface area contributed by atoms with Gasteiger partial charge in [-0.1, -0.05) is 23.7 Å². The minimum Gasteiger partial charge on any atom is -0.481 e. The van der Waals surface area contributed by atoms with Gasteiger partial charge in [0.15, 0.2) is 0 Å². The quantitative estimate of drug-likeness (QED) is 0.760. The highest BCUT2D eigenvalue weighted by Crippen LogP contribution is 2.48. The molecule has 1 aromatic carbocycles. The Morgan fingerprint density at radius 3 is 2.40 bits per heavy atom. The third-order valence-corrected chi connectivity index (χ3v) is 3.94. The van der Waals surface area contributed by atoms with Crippen LogP contribution in [-0.2, 0) is 15.0 Å². The molecular formula is C15H18ClNO3. The number of amides is 1. The lowest BCUT2D eigenvalue weighted by molar-refractivity contribution is -0.137. The molecule has 0 aliphatic heterocycles. The van der Waals surface area contributed by atoms with Crippen LogP contribution in [0, 0.1) is 0 Å². The summed E-state index contributed by atoms with van der Waals surface area (Å²) in [6, 6.07) is 7.41. The topological polar surface area (TPSA) is 66.4 Å². The van der Waals surface area contributed by atoms with Gasteiger partial charge in [0.1, 0.15) is 0 Å². The molecule has 20 heavy (non-hydrogen) atoms. The second kappa shape index (κ2) is 6.27. The SMILES string of the molecule is O=C(O)CCCCNC(=O)C1(c2ccc(Cl)cc2)CC1. The van der Waals surface area contributed by atoms with Crippen LogP contribution in [0.3, 0.4) is 0 Å². The largest absolute Gasteiger partial charge is 0.481 e. The molecule has 0 bridgehead atoms. The van der Waals surface area contributed by atoms with Crippen LogP contribution in [0.1, 0.15) is 37.7 Å². The third-order valence-electron chi connectivity index (χ3n) is 3.68. The van der Waals surface area contributed by atoms with Gasteiger partial charge >= 0.3 is 5.97 Å². The first-order chi connectivity index (χ1) is 9.54. The number of carbonyl (C=O) groups excluding carboxylic acids is 1. The molecule has 108 valence electrons. The Bertz CT molecular complexity index is 494. The summed E-state index contributed by atoms with van der Waals surface area (Å²) in [4.78, 5) is 22.6. The van der Waals surface area contributed by atoms with Crippen molar-refractivity contribution in [1.29, 1.82) is 0 Å². The van der Waals surface area contributed by atoms with E-state index in [1.54, 1.807) is 12.1 Å². The summed E-state index contributed by atoms with van der Waals surface area (Å²) in [6.45, 7) is 0.529. The number of halogens is 1.